The molecule has 184 valence electrons. The van der Waals surface area contributed by atoms with E-state index in [9.17, 15) is 4.79 Å². The molecular formula is C26H26BrN7O2. The molecular weight excluding hydrogens is 522 g/mol. The minimum absolute atomic E-state index is 0.0540. The molecule has 2 aliphatic heterocycles. The second-order valence-electron chi connectivity index (χ2n) is 10.0. The van der Waals surface area contributed by atoms with Crippen LogP contribution in [0.25, 0.3) is 27.6 Å². The van der Waals surface area contributed by atoms with Gasteiger partial charge in [0.05, 0.1) is 41.9 Å². The first-order valence-corrected chi connectivity index (χ1v) is 13.4. The fourth-order valence-corrected chi connectivity index (χ4v) is 6.47. The summed E-state index contributed by atoms with van der Waals surface area (Å²) < 4.78 is 8.19. The lowest BCUT2D eigenvalue weighted by Gasteiger charge is -2.36. The molecule has 4 aromatic rings. The zero-order valence-electron chi connectivity index (χ0n) is 19.7. The monoisotopic (exact) mass is 547 g/mol. The number of carbonyl (C=O) groups excluding carboxylic acids is 1. The molecule has 2 bridgehead atoms. The molecule has 36 heavy (non-hydrogen) atoms. The summed E-state index contributed by atoms with van der Waals surface area (Å²) in [5.41, 5.74) is 2.56. The van der Waals surface area contributed by atoms with E-state index >= 15 is 0 Å². The SMILES string of the molecule is O=C([C@@H]1CC[C@@H](Nc2ncc3c(Br)nn(-c4ccc5ncccc5c4)c3n2)C1)N1C2CCC1COC2. The van der Waals surface area contributed by atoms with Gasteiger partial charge in [-0.1, -0.05) is 6.07 Å². The van der Waals surface area contributed by atoms with Crippen LogP contribution in [0.15, 0.2) is 47.3 Å². The number of fused-ring (bicyclic) bond motifs is 4. The van der Waals surface area contributed by atoms with Crippen LogP contribution >= 0.6 is 15.9 Å². The van der Waals surface area contributed by atoms with Crippen molar-refractivity contribution in [1.82, 2.24) is 29.6 Å². The van der Waals surface area contributed by atoms with E-state index in [1.807, 2.05) is 28.9 Å². The number of hydrogen-bond acceptors (Lipinski definition) is 7. The van der Waals surface area contributed by atoms with Gasteiger partial charge in [0.25, 0.3) is 0 Å². The van der Waals surface area contributed by atoms with Crippen molar-refractivity contribution in [2.75, 3.05) is 18.5 Å². The molecule has 7 rings (SSSR count). The fraction of sp³-hybridized carbons (Fsp3) is 0.423. The van der Waals surface area contributed by atoms with E-state index in [4.69, 9.17) is 9.72 Å². The fourth-order valence-electron chi connectivity index (χ4n) is 6.03. The van der Waals surface area contributed by atoms with Crippen LogP contribution in [0, 0.1) is 5.92 Å². The first-order chi connectivity index (χ1) is 17.6. The number of morpholine rings is 1. The third kappa shape index (κ3) is 3.74. The van der Waals surface area contributed by atoms with E-state index in [-0.39, 0.29) is 24.0 Å². The zero-order chi connectivity index (χ0) is 24.2. The Kier molecular flexibility index (Phi) is 5.39. The number of pyridine rings is 1. The first-order valence-electron chi connectivity index (χ1n) is 12.6. The van der Waals surface area contributed by atoms with Crippen molar-refractivity contribution in [2.24, 2.45) is 5.92 Å². The van der Waals surface area contributed by atoms with Crippen LogP contribution in [0.5, 0.6) is 0 Å². The Morgan fingerprint density at radius 3 is 2.81 bits per heavy atom. The number of rotatable bonds is 4. The molecule has 1 saturated carbocycles. The number of nitrogens with one attached hydrogen (secondary N) is 1. The van der Waals surface area contributed by atoms with Crippen molar-refractivity contribution >= 4 is 49.7 Å². The van der Waals surface area contributed by atoms with Crippen molar-refractivity contribution in [3.05, 3.63) is 47.3 Å². The van der Waals surface area contributed by atoms with Crippen LogP contribution in [-0.4, -0.2) is 66.9 Å². The van der Waals surface area contributed by atoms with Crippen LogP contribution in [0.3, 0.4) is 0 Å². The number of anilines is 1. The minimum atomic E-state index is 0.0540. The molecule has 3 aliphatic rings. The Morgan fingerprint density at radius 2 is 1.94 bits per heavy atom. The van der Waals surface area contributed by atoms with Crippen LogP contribution in [0.1, 0.15) is 32.1 Å². The van der Waals surface area contributed by atoms with Gasteiger partial charge in [-0.05, 0) is 72.3 Å². The van der Waals surface area contributed by atoms with Crippen LogP contribution in [-0.2, 0) is 9.53 Å². The molecule has 2 saturated heterocycles. The average Bonchev–Trinajstić information content (AvgIpc) is 3.57. The van der Waals surface area contributed by atoms with Gasteiger partial charge in [0.2, 0.25) is 11.9 Å². The van der Waals surface area contributed by atoms with Crippen LogP contribution in [0.4, 0.5) is 5.95 Å². The Balaban J connectivity index is 1.11. The van der Waals surface area contributed by atoms with E-state index in [0.717, 1.165) is 59.7 Å². The van der Waals surface area contributed by atoms with Gasteiger partial charge in [0.1, 0.15) is 4.60 Å². The lowest BCUT2D eigenvalue weighted by Crippen LogP contribution is -2.51. The largest absolute Gasteiger partial charge is 0.377 e. The summed E-state index contributed by atoms with van der Waals surface area (Å²) in [5.74, 6) is 0.917. The molecule has 0 radical (unpaired) electrons. The summed E-state index contributed by atoms with van der Waals surface area (Å²) in [6.45, 7) is 1.36. The smallest absolute Gasteiger partial charge is 0.226 e. The van der Waals surface area contributed by atoms with E-state index in [1.165, 1.54) is 0 Å². The number of nitrogens with zero attached hydrogens (tertiary/aromatic N) is 6. The van der Waals surface area contributed by atoms with Crippen molar-refractivity contribution in [3.8, 4) is 5.69 Å². The molecule has 5 heterocycles. The zero-order valence-corrected chi connectivity index (χ0v) is 21.3. The van der Waals surface area contributed by atoms with E-state index in [1.54, 1.807) is 12.4 Å². The van der Waals surface area contributed by atoms with Gasteiger partial charge in [-0.2, -0.15) is 10.1 Å². The van der Waals surface area contributed by atoms with E-state index in [0.29, 0.717) is 29.7 Å². The number of ether oxygens (including phenoxy) is 1. The first kappa shape index (κ1) is 22.1. The highest BCUT2D eigenvalue weighted by atomic mass is 79.9. The number of halogens is 1. The lowest BCUT2D eigenvalue weighted by molar-refractivity contribution is -0.145. The molecule has 1 aliphatic carbocycles. The summed E-state index contributed by atoms with van der Waals surface area (Å²) in [6.07, 6.45) is 8.34. The molecule has 1 N–H and O–H groups in total. The standard InChI is InChI=1S/C26H26BrN7O2/c27-23-21-12-29-26(31-24(21)34(32-23)18-7-8-22-15(11-18)2-1-9-28-22)30-17-4-3-16(10-17)25(35)33-19-5-6-20(33)14-36-13-19/h1-2,7-9,11-12,16-17,19-20H,3-6,10,13-14H2,(H,29,30,31)/t16-,17-,19?,20?/m1/s1. The predicted octanol–water partition coefficient (Wildman–Crippen LogP) is 4.10. The summed E-state index contributed by atoms with van der Waals surface area (Å²) in [6, 6.07) is 10.7. The molecule has 1 aromatic carbocycles. The number of amides is 1. The summed E-state index contributed by atoms with van der Waals surface area (Å²) >= 11 is 3.56. The third-order valence-electron chi connectivity index (χ3n) is 7.82. The Hall–Kier alpha value is -3.11. The van der Waals surface area contributed by atoms with Crippen molar-refractivity contribution in [2.45, 2.75) is 50.2 Å². The van der Waals surface area contributed by atoms with Crippen molar-refractivity contribution in [3.63, 3.8) is 0 Å². The quantitative estimate of drug-likeness (QED) is 0.410. The van der Waals surface area contributed by atoms with Crippen molar-refractivity contribution < 1.29 is 9.53 Å². The van der Waals surface area contributed by atoms with Gasteiger partial charge < -0.3 is 15.0 Å². The van der Waals surface area contributed by atoms with Gasteiger partial charge in [0, 0.05) is 29.7 Å². The molecule has 4 atom stereocenters. The number of carbonyl (C=O) groups is 1. The van der Waals surface area contributed by atoms with Gasteiger partial charge in [-0.15, -0.1) is 0 Å². The second kappa shape index (κ2) is 8.77. The van der Waals surface area contributed by atoms with Gasteiger partial charge in [0.15, 0.2) is 5.65 Å². The Morgan fingerprint density at radius 1 is 1.08 bits per heavy atom. The van der Waals surface area contributed by atoms with E-state index < -0.39 is 0 Å². The summed E-state index contributed by atoms with van der Waals surface area (Å²) in [5, 5.41) is 10.0. The highest BCUT2D eigenvalue weighted by Crippen LogP contribution is 2.35. The molecule has 3 aromatic heterocycles. The minimum Gasteiger partial charge on any atom is -0.377 e. The maximum absolute atomic E-state index is 13.3. The normalized spacial score (nSPS) is 25.6. The topological polar surface area (TPSA) is 98.1 Å². The van der Waals surface area contributed by atoms with Gasteiger partial charge >= 0.3 is 0 Å². The number of aromatic nitrogens is 5. The molecule has 1 amide bonds. The van der Waals surface area contributed by atoms with Gasteiger partial charge in [-0.3, -0.25) is 9.78 Å². The van der Waals surface area contributed by atoms with Crippen LogP contribution in [0.2, 0.25) is 0 Å². The molecule has 0 spiro atoms. The second-order valence-corrected chi connectivity index (χ2v) is 10.8. The number of benzene rings is 1. The summed E-state index contributed by atoms with van der Waals surface area (Å²) in [4.78, 5) is 29.2. The third-order valence-corrected chi connectivity index (χ3v) is 8.41. The Labute approximate surface area is 216 Å². The molecule has 3 fully saturated rings. The number of hydrogen-bond donors (Lipinski definition) is 1. The van der Waals surface area contributed by atoms with Crippen LogP contribution < -0.4 is 5.32 Å². The molecule has 10 heteroatoms. The Bertz CT molecular complexity index is 1460. The molecule has 2 unspecified atom stereocenters. The highest BCUT2D eigenvalue weighted by molar-refractivity contribution is 9.10. The maximum atomic E-state index is 13.3. The summed E-state index contributed by atoms with van der Waals surface area (Å²) in [7, 11) is 0. The maximum Gasteiger partial charge on any atom is 0.226 e. The average molecular weight is 548 g/mol. The van der Waals surface area contributed by atoms with E-state index in [2.05, 4.69) is 47.3 Å². The highest BCUT2D eigenvalue weighted by Gasteiger charge is 2.44. The lowest BCUT2D eigenvalue weighted by atomic mass is 10.0. The predicted molar refractivity (Wildman–Crippen MR) is 139 cm³/mol. The molecule has 9 nitrogen and oxygen atoms in total. The van der Waals surface area contributed by atoms with Gasteiger partial charge in [-0.25, -0.2) is 9.67 Å². The van der Waals surface area contributed by atoms with Crippen molar-refractivity contribution in [1.29, 1.82) is 0 Å².